The Hall–Kier alpha value is -2.45. The first-order chi connectivity index (χ1) is 30.9. The van der Waals surface area contributed by atoms with Crippen molar-refractivity contribution in [2.75, 3.05) is 13.2 Å². The van der Waals surface area contributed by atoms with E-state index in [4.69, 9.17) is 18.5 Å². The first kappa shape index (κ1) is 59.6. The van der Waals surface area contributed by atoms with Gasteiger partial charge in [-0.2, -0.15) is 0 Å². The average Bonchev–Trinajstić information content (AvgIpc) is 3.28. The highest BCUT2D eigenvalue weighted by Gasteiger charge is 2.51. The maximum absolute atomic E-state index is 12.8. The molecule has 370 valence electrons. The molecule has 64 heavy (non-hydrogen) atoms. The lowest BCUT2D eigenvalue weighted by Gasteiger charge is -2.41. The zero-order chi connectivity index (χ0) is 47.1. The molecule has 6 N–H and O–H groups in total. The predicted octanol–water partition coefficient (Wildman–Crippen LogP) is 10.1. The zero-order valence-corrected chi connectivity index (χ0v) is 40.2. The molecule has 0 aromatic carbocycles. The highest BCUT2D eigenvalue weighted by Crippen LogP contribution is 2.47. The Balaban J connectivity index is 2.45. The molecule has 0 heterocycles. The minimum Gasteiger partial charge on any atom is -0.462 e. The normalized spacial score (nSPS) is 22.1. The highest BCUT2D eigenvalue weighted by atomic mass is 31.2. The molecule has 0 aromatic heterocycles. The van der Waals surface area contributed by atoms with Crippen LogP contribution in [0.25, 0.3) is 0 Å². The Morgan fingerprint density at radius 2 is 0.891 bits per heavy atom. The van der Waals surface area contributed by atoms with E-state index in [2.05, 4.69) is 74.6 Å². The van der Waals surface area contributed by atoms with Crippen LogP contribution in [0.2, 0.25) is 0 Å². The fourth-order valence-electron chi connectivity index (χ4n) is 7.16. The molecule has 0 amide bonds. The monoisotopic (exact) mass is 927 g/mol. The van der Waals surface area contributed by atoms with E-state index in [1.807, 2.05) is 0 Å². The van der Waals surface area contributed by atoms with E-state index in [9.17, 15) is 44.6 Å². The molecule has 6 unspecified atom stereocenters. The second kappa shape index (κ2) is 39.7. The minimum atomic E-state index is -5.13. The van der Waals surface area contributed by atoms with Gasteiger partial charge in [-0.25, -0.2) is 4.57 Å². The van der Waals surface area contributed by atoms with Gasteiger partial charge < -0.3 is 39.9 Å². The third-order valence-corrected chi connectivity index (χ3v) is 12.1. The zero-order valence-electron chi connectivity index (χ0n) is 39.3. The lowest BCUT2D eigenvalue weighted by atomic mass is 9.85. The van der Waals surface area contributed by atoms with Crippen LogP contribution < -0.4 is 0 Å². The van der Waals surface area contributed by atoms with Crippen molar-refractivity contribution < 1.29 is 63.1 Å². The molecule has 0 bridgehead atoms. The van der Waals surface area contributed by atoms with Gasteiger partial charge in [-0.1, -0.05) is 158 Å². The molecule has 14 heteroatoms. The summed E-state index contributed by atoms with van der Waals surface area (Å²) in [5.74, 6) is -1.13. The molecule has 0 spiro atoms. The number of hydrogen-bond acceptors (Lipinski definition) is 12. The van der Waals surface area contributed by atoms with E-state index >= 15 is 0 Å². The number of carbonyl (C=O) groups excluding carboxylic acids is 2. The second-order valence-electron chi connectivity index (χ2n) is 16.9. The standard InChI is InChI=1S/C50H87O13P/c1-3-5-7-9-11-13-15-17-19-21-22-23-25-27-29-31-33-35-37-39-44(52)62-42(41-61-64(58,59)63-50-48(56)46(54)45(53)47(55)49(50)57)40-60-43(51)38-36-34-32-30-28-26-24-20-18-16-14-12-10-8-6-4-2/h5,7,11,13,17,19-20,22-24,42,45-50,53-57H,3-4,6,8-10,12,14-16,18,21,25-41H2,1-2H3,(H,58,59)/b7-5-,13-11-,19-17-,23-22-,24-20-. The van der Waals surface area contributed by atoms with E-state index in [1.165, 1.54) is 44.9 Å². The number of phosphoric acid groups is 1. The third kappa shape index (κ3) is 31.5. The Morgan fingerprint density at radius 3 is 1.38 bits per heavy atom. The van der Waals surface area contributed by atoms with Crippen LogP contribution in [0, 0.1) is 0 Å². The van der Waals surface area contributed by atoms with Crippen LogP contribution in [0.15, 0.2) is 60.8 Å². The molecular formula is C50H87O13P. The maximum atomic E-state index is 12.8. The number of aliphatic hydroxyl groups is 5. The van der Waals surface area contributed by atoms with Crippen molar-refractivity contribution >= 4 is 19.8 Å². The molecule has 1 aliphatic rings. The molecule has 1 saturated carbocycles. The maximum Gasteiger partial charge on any atom is 0.472 e. The van der Waals surface area contributed by atoms with E-state index in [0.29, 0.717) is 12.8 Å². The topological polar surface area (TPSA) is 210 Å². The Morgan fingerprint density at radius 1 is 0.500 bits per heavy atom. The van der Waals surface area contributed by atoms with Crippen LogP contribution >= 0.6 is 7.82 Å². The van der Waals surface area contributed by atoms with Gasteiger partial charge >= 0.3 is 19.8 Å². The van der Waals surface area contributed by atoms with Crippen LogP contribution in [0.3, 0.4) is 0 Å². The van der Waals surface area contributed by atoms with Gasteiger partial charge in [0.1, 0.15) is 43.2 Å². The van der Waals surface area contributed by atoms with E-state index in [1.54, 1.807) is 0 Å². The molecule has 0 aliphatic heterocycles. The van der Waals surface area contributed by atoms with Gasteiger partial charge in [0.15, 0.2) is 6.10 Å². The molecule has 0 saturated heterocycles. The Labute approximate surface area is 385 Å². The number of ether oxygens (including phenoxy) is 2. The van der Waals surface area contributed by atoms with Crippen LogP contribution in [0.1, 0.15) is 187 Å². The summed E-state index contributed by atoms with van der Waals surface area (Å²) in [5, 5.41) is 50.2. The SMILES string of the molecule is CC/C=C\C/C=C\C/C=C\C/C=C\CCCCCCCCC(=O)OC(COC(=O)CCCCCCC/C=C\CCCCCCCCC)COP(=O)(O)OC1C(O)C(O)C(O)C(O)C1O. The Bertz CT molecular complexity index is 1350. The van der Waals surface area contributed by atoms with Crippen molar-refractivity contribution in [1.29, 1.82) is 0 Å². The number of phosphoric ester groups is 1. The molecule has 1 rings (SSSR count). The summed E-state index contributed by atoms with van der Waals surface area (Å²) in [6, 6.07) is 0. The van der Waals surface area contributed by atoms with Gasteiger partial charge in [-0.3, -0.25) is 18.6 Å². The van der Waals surface area contributed by atoms with E-state index < -0.39 is 75.7 Å². The number of hydrogen-bond donors (Lipinski definition) is 6. The van der Waals surface area contributed by atoms with Crippen molar-refractivity contribution in [3.05, 3.63) is 60.8 Å². The van der Waals surface area contributed by atoms with Crippen molar-refractivity contribution in [3.63, 3.8) is 0 Å². The summed E-state index contributed by atoms with van der Waals surface area (Å²) < 4.78 is 33.6. The van der Waals surface area contributed by atoms with Gasteiger partial charge in [0.05, 0.1) is 6.61 Å². The van der Waals surface area contributed by atoms with Crippen molar-refractivity contribution in [1.82, 2.24) is 0 Å². The van der Waals surface area contributed by atoms with Gasteiger partial charge in [0.2, 0.25) is 0 Å². The largest absolute Gasteiger partial charge is 0.472 e. The van der Waals surface area contributed by atoms with E-state index in [0.717, 1.165) is 103 Å². The van der Waals surface area contributed by atoms with Crippen LogP contribution in [0.5, 0.6) is 0 Å². The molecule has 13 nitrogen and oxygen atoms in total. The summed E-state index contributed by atoms with van der Waals surface area (Å²) >= 11 is 0. The third-order valence-electron chi connectivity index (χ3n) is 11.1. The van der Waals surface area contributed by atoms with E-state index in [-0.39, 0.29) is 12.8 Å². The number of aliphatic hydroxyl groups excluding tert-OH is 5. The Kier molecular flexibility index (Phi) is 36.9. The van der Waals surface area contributed by atoms with Gasteiger partial charge in [-0.05, 0) is 77.0 Å². The summed E-state index contributed by atoms with van der Waals surface area (Å²) in [4.78, 5) is 35.8. The summed E-state index contributed by atoms with van der Waals surface area (Å²) in [7, 11) is -5.13. The first-order valence-electron chi connectivity index (χ1n) is 24.6. The lowest BCUT2D eigenvalue weighted by Crippen LogP contribution is -2.64. The van der Waals surface area contributed by atoms with Crippen molar-refractivity contribution in [2.45, 2.75) is 230 Å². The number of esters is 2. The summed E-state index contributed by atoms with van der Waals surface area (Å²) in [5.41, 5.74) is 0. The number of carbonyl (C=O) groups is 2. The highest BCUT2D eigenvalue weighted by molar-refractivity contribution is 7.47. The van der Waals surface area contributed by atoms with Gasteiger partial charge in [0, 0.05) is 12.8 Å². The fourth-order valence-corrected chi connectivity index (χ4v) is 8.13. The van der Waals surface area contributed by atoms with Crippen LogP contribution in [-0.4, -0.2) is 98.3 Å². The molecule has 1 aliphatic carbocycles. The predicted molar refractivity (Wildman–Crippen MR) is 253 cm³/mol. The molecule has 6 atom stereocenters. The summed E-state index contributed by atoms with van der Waals surface area (Å²) in [6.45, 7) is 3.17. The number of allylic oxidation sites excluding steroid dienone is 10. The molecular weight excluding hydrogens is 840 g/mol. The smallest absolute Gasteiger partial charge is 0.462 e. The van der Waals surface area contributed by atoms with Crippen LogP contribution in [-0.2, 0) is 32.7 Å². The second-order valence-corrected chi connectivity index (χ2v) is 18.3. The average molecular weight is 927 g/mol. The fraction of sp³-hybridized carbons (Fsp3) is 0.760. The quantitative estimate of drug-likeness (QED) is 0.0146. The van der Waals surface area contributed by atoms with Crippen molar-refractivity contribution in [3.8, 4) is 0 Å². The summed E-state index contributed by atoms with van der Waals surface area (Å²) in [6.07, 6.45) is 35.5. The van der Waals surface area contributed by atoms with Crippen molar-refractivity contribution in [2.24, 2.45) is 0 Å². The molecule has 1 fully saturated rings. The number of unbranched alkanes of at least 4 members (excludes halogenated alkanes) is 18. The minimum absolute atomic E-state index is 0.0766. The first-order valence-corrected chi connectivity index (χ1v) is 26.1. The molecule has 0 radical (unpaired) electrons. The molecule has 0 aromatic rings. The van der Waals surface area contributed by atoms with Gasteiger partial charge in [-0.15, -0.1) is 0 Å². The van der Waals surface area contributed by atoms with Crippen LogP contribution in [0.4, 0.5) is 0 Å². The van der Waals surface area contributed by atoms with Gasteiger partial charge in [0.25, 0.3) is 0 Å². The number of rotatable bonds is 40. The lowest BCUT2D eigenvalue weighted by molar-refractivity contribution is -0.220.